The number of nitrogens with zero attached hydrogens (tertiary/aromatic N) is 4. The molecule has 5 rings (SSSR count). The molecule has 38 heavy (non-hydrogen) atoms. The van der Waals surface area contributed by atoms with Gasteiger partial charge in [0.1, 0.15) is 5.69 Å². The van der Waals surface area contributed by atoms with E-state index >= 15 is 0 Å². The maximum absolute atomic E-state index is 12.7. The standard InChI is InChI=1S/C29H27N5O4/c1-21-7-13-26(23-5-3-2-4-6-23)33(21)25-11-9-24(10-12-25)29(35)31-30-20-22-8-14-27(28(19-22)34(36)37)32-15-17-38-18-16-32/h2-14,19-20H,15-18H2,1H3,(H,31,35)/b30-20+. The quantitative estimate of drug-likeness (QED) is 0.216. The number of amides is 1. The van der Waals surface area contributed by atoms with E-state index in [2.05, 4.69) is 39.4 Å². The molecule has 1 aliphatic heterocycles. The van der Waals surface area contributed by atoms with Gasteiger partial charge in [-0.05, 0) is 55.0 Å². The molecule has 0 unspecified atom stereocenters. The predicted molar refractivity (Wildman–Crippen MR) is 147 cm³/mol. The van der Waals surface area contributed by atoms with Gasteiger partial charge < -0.3 is 14.2 Å². The molecule has 2 heterocycles. The lowest BCUT2D eigenvalue weighted by Gasteiger charge is -2.28. The van der Waals surface area contributed by atoms with Crippen molar-refractivity contribution in [2.24, 2.45) is 5.10 Å². The Hall–Kier alpha value is -4.76. The first-order valence-corrected chi connectivity index (χ1v) is 12.3. The first kappa shape index (κ1) is 24.9. The maximum Gasteiger partial charge on any atom is 0.293 e. The number of carbonyl (C=O) groups is 1. The van der Waals surface area contributed by atoms with Gasteiger partial charge in [-0.1, -0.05) is 36.4 Å². The molecule has 1 N–H and O–H groups in total. The molecule has 4 aromatic rings. The number of ether oxygens (including phenoxy) is 1. The molecule has 0 radical (unpaired) electrons. The van der Waals surface area contributed by atoms with Crippen LogP contribution in [0.4, 0.5) is 11.4 Å². The minimum absolute atomic E-state index is 0.00653. The summed E-state index contributed by atoms with van der Waals surface area (Å²) >= 11 is 0. The third kappa shape index (κ3) is 5.33. The van der Waals surface area contributed by atoms with Crippen molar-refractivity contribution in [3.63, 3.8) is 0 Å². The Morgan fingerprint density at radius 1 is 1.00 bits per heavy atom. The van der Waals surface area contributed by atoms with E-state index < -0.39 is 4.92 Å². The summed E-state index contributed by atoms with van der Waals surface area (Å²) in [5.74, 6) is -0.375. The van der Waals surface area contributed by atoms with Gasteiger partial charge in [-0.2, -0.15) is 5.10 Å². The molecule has 0 spiro atoms. The van der Waals surface area contributed by atoms with Gasteiger partial charge in [0.25, 0.3) is 11.6 Å². The van der Waals surface area contributed by atoms with Crippen LogP contribution in [0.25, 0.3) is 16.9 Å². The zero-order valence-electron chi connectivity index (χ0n) is 20.9. The van der Waals surface area contributed by atoms with Gasteiger partial charge in [0.2, 0.25) is 0 Å². The lowest BCUT2D eigenvalue weighted by Crippen LogP contribution is -2.36. The van der Waals surface area contributed by atoms with Crippen molar-refractivity contribution in [2.75, 3.05) is 31.2 Å². The predicted octanol–water partition coefficient (Wildman–Crippen LogP) is 4.96. The van der Waals surface area contributed by atoms with Gasteiger partial charge in [-0.3, -0.25) is 14.9 Å². The highest BCUT2D eigenvalue weighted by molar-refractivity contribution is 5.95. The smallest absolute Gasteiger partial charge is 0.293 e. The Balaban J connectivity index is 1.28. The number of nitrogens with one attached hydrogen (secondary N) is 1. The first-order chi connectivity index (χ1) is 18.5. The number of nitro benzene ring substituents is 1. The fourth-order valence-corrected chi connectivity index (χ4v) is 4.55. The van der Waals surface area contributed by atoms with Crippen molar-refractivity contribution < 1.29 is 14.5 Å². The molecule has 9 heteroatoms. The summed E-state index contributed by atoms with van der Waals surface area (Å²) in [7, 11) is 0. The van der Waals surface area contributed by atoms with Crippen molar-refractivity contribution in [1.29, 1.82) is 0 Å². The zero-order valence-corrected chi connectivity index (χ0v) is 20.9. The van der Waals surface area contributed by atoms with Crippen molar-refractivity contribution >= 4 is 23.5 Å². The fraction of sp³-hybridized carbons (Fsp3) is 0.172. The lowest BCUT2D eigenvalue weighted by atomic mass is 10.1. The molecule has 3 aromatic carbocycles. The molecule has 1 saturated heterocycles. The van der Waals surface area contributed by atoms with E-state index in [0.717, 1.165) is 22.6 Å². The number of hydrogen-bond donors (Lipinski definition) is 1. The fourth-order valence-electron chi connectivity index (χ4n) is 4.55. The van der Waals surface area contributed by atoms with Crippen LogP contribution in [0, 0.1) is 17.0 Å². The summed E-state index contributed by atoms with van der Waals surface area (Å²) in [6, 6.07) is 26.5. The average molecular weight is 510 g/mol. The second kappa shape index (κ2) is 11.1. The summed E-state index contributed by atoms with van der Waals surface area (Å²) in [4.78, 5) is 25.8. The normalized spacial score (nSPS) is 13.6. The Labute approximate surface area is 220 Å². The van der Waals surface area contributed by atoms with E-state index in [0.29, 0.717) is 43.1 Å². The molecular formula is C29H27N5O4. The summed E-state index contributed by atoms with van der Waals surface area (Å²) in [5, 5.41) is 15.7. The number of anilines is 1. The Bertz CT molecular complexity index is 1470. The number of morpholine rings is 1. The second-order valence-electron chi connectivity index (χ2n) is 8.91. The number of nitro groups is 1. The minimum Gasteiger partial charge on any atom is -0.378 e. The van der Waals surface area contributed by atoms with Gasteiger partial charge >= 0.3 is 0 Å². The summed E-state index contributed by atoms with van der Waals surface area (Å²) in [6.45, 7) is 4.31. The largest absolute Gasteiger partial charge is 0.378 e. The zero-order chi connectivity index (χ0) is 26.5. The van der Waals surface area contributed by atoms with Gasteiger partial charge in [0.05, 0.1) is 30.0 Å². The first-order valence-electron chi connectivity index (χ1n) is 12.3. The van der Waals surface area contributed by atoms with E-state index in [4.69, 9.17) is 4.74 Å². The van der Waals surface area contributed by atoms with Gasteiger partial charge in [0, 0.05) is 41.7 Å². The third-order valence-electron chi connectivity index (χ3n) is 6.46. The SMILES string of the molecule is Cc1ccc(-c2ccccc2)n1-c1ccc(C(=O)N/N=C/c2ccc(N3CCOCC3)c([N+](=O)[O-])c2)cc1. The summed E-state index contributed by atoms with van der Waals surface area (Å²) < 4.78 is 7.48. The molecule has 0 aliphatic carbocycles. The van der Waals surface area contributed by atoms with Gasteiger partial charge in [0.15, 0.2) is 0 Å². The van der Waals surface area contributed by atoms with Crippen LogP contribution in [0.1, 0.15) is 21.6 Å². The number of benzene rings is 3. The highest BCUT2D eigenvalue weighted by Crippen LogP contribution is 2.30. The summed E-state index contributed by atoms with van der Waals surface area (Å²) in [6.07, 6.45) is 1.40. The highest BCUT2D eigenvalue weighted by Gasteiger charge is 2.21. The molecule has 0 bridgehead atoms. The van der Waals surface area contributed by atoms with E-state index in [1.54, 1.807) is 24.3 Å². The van der Waals surface area contributed by atoms with Crippen LogP contribution in [0.15, 0.2) is 90.0 Å². The second-order valence-corrected chi connectivity index (χ2v) is 8.91. The van der Waals surface area contributed by atoms with E-state index in [1.807, 2.05) is 42.2 Å². The van der Waals surface area contributed by atoms with Gasteiger partial charge in [-0.25, -0.2) is 5.43 Å². The molecule has 1 aliphatic rings. The lowest BCUT2D eigenvalue weighted by molar-refractivity contribution is -0.384. The van der Waals surface area contributed by atoms with E-state index in [-0.39, 0.29) is 11.6 Å². The van der Waals surface area contributed by atoms with Crippen LogP contribution >= 0.6 is 0 Å². The van der Waals surface area contributed by atoms with E-state index in [1.165, 1.54) is 12.3 Å². The molecular weight excluding hydrogens is 482 g/mol. The molecule has 1 aromatic heterocycles. The topological polar surface area (TPSA) is 102 Å². The average Bonchev–Trinajstić information content (AvgIpc) is 3.35. The van der Waals surface area contributed by atoms with Crippen LogP contribution in [0.3, 0.4) is 0 Å². The highest BCUT2D eigenvalue weighted by atomic mass is 16.6. The molecule has 9 nitrogen and oxygen atoms in total. The van der Waals surface area contributed by atoms with Crippen LogP contribution < -0.4 is 10.3 Å². The Morgan fingerprint density at radius 2 is 1.74 bits per heavy atom. The van der Waals surface area contributed by atoms with Crippen LogP contribution in [0.5, 0.6) is 0 Å². The molecule has 1 amide bonds. The Morgan fingerprint density at radius 3 is 2.45 bits per heavy atom. The van der Waals surface area contributed by atoms with Crippen molar-refractivity contribution in [3.05, 3.63) is 112 Å². The van der Waals surface area contributed by atoms with Crippen LogP contribution in [0.2, 0.25) is 0 Å². The molecule has 0 atom stereocenters. The molecule has 192 valence electrons. The van der Waals surface area contributed by atoms with Crippen molar-refractivity contribution in [3.8, 4) is 16.9 Å². The minimum atomic E-state index is -0.405. The number of hydrazone groups is 1. The van der Waals surface area contributed by atoms with Crippen LogP contribution in [-0.4, -0.2) is 47.9 Å². The third-order valence-corrected chi connectivity index (χ3v) is 6.46. The maximum atomic E-state index is 12.7. The van der Waals surface area contributed by atoms with E-state index in [9.17, 15) is 14.9 Å². The monoisotopic (exact) mass is 509 g/mol. The van der Waals surface area contributed by atoms with Crippen LogP contribution in [-0.2, 0) is 4.74 Å². The number of rotatable bonds is 7. The molecule has 0 saturated carbocycles. The summed E-state index contributed by atoms with van der Waals surface area (Å²) in [5.41, 5.74) is 8.21. The van der Waals surface area contributed by atoms with Crippen molar-refractivity contribution in [2.45, 2.75) is 6.92 Å². The number of hydrogen-bond acceptors (Lipinski definition) is 6. The van der Waals surface area contributed by atoms with Gasteiger partial charge in [-0.15, -0.1) is 0 Å². The Kier molecular flexibility index (Phi) is 7.28. The molecule has 1 fully saturated rings. The number of aromatic nitrogens is 1. The number of carbonyl (C=O) groups excluding carboxylic acids is 1. The van der Waals surface area contributed by atoms with Crippen molar-refractivity contribution in [1.82, 2.24) is 9.99 Å². The number of aryl methyl sites for hydroxylation is 1.